The Kier molecular flexibility index (Phi) is 4.22. The fourth-order valence-corrected chi connectivity index (χ4v) is 2.63. The van der Waals surface area contributed by atoms with Crippen molar-refractivity contribution < 1.29 is 14.2 Å². The zero-order valence-electron chi connectivity index (χ0n) is 11.9. The monoisotopic (exact) mass is 400 g/mol. The Bertz CT molecular complexity index is 854. The van der Waals surface area contributed by atoms with Crippen molar-refractivity contribution in [1.82, 2.24) is 19.6 Å². The van der Waals surface area contributed by atoms with Gasteiger partial charge in [0.25, 0.3) is 0 Å². The topological polar surface area (TPSA) is 72.5 Å². The molecule has 3 heterocycles. The molecule has 0 aliphatic rings. The molecular weight excluding hydrogens is 391 g/mol. The lowest BCUT2D eigenvalue weighted by atomic mass is 10.1. The Morgan fingerprint density at radius 1 is 1.39 bits per heavy atom. The molecule has 6 nitrogen and oxygen atoms in total. The second kappa shape index (κ2) is 6.03. The molecule has 1 unspecified atom stereocenters. The number of hydrogen-bond acceptors (Lipinski definition) is 5. The van der Waals surface area contributed by atoms with Crippen LogP contribution in [0.2, 0.25) is 5.02 Å². The predicted molar refractivity (Wildman–Crippen MR) is 85.0 cm³/mol. The number of nitrogens with zero attached hydrogens (tertiary/aromatic N) is 4. The van der Waals surface area contributed by atoms with E-state index in [-0.39, 0.29) is 12.4 Å². The Balaban J connectivity index is 1.88. The van der Waals surface area contributed by atoms with Gasteiger partial charge in [-0.15, -0.1) is 0 Å². The van der Waals surface area contributed by atoms with Crippen LogP contribution in [0, 0.1) is 5.82 Å². The lowest BCUT2D eigenvalue weighted by Gasteiger charge is -2.22. The fourth-order valence-electron chi connectivity index (χ4n) is 2.00. The Hall–Kier alpha value is -1.77. The van der Waals surface area contributed by atoms with Crippen molar-refractivity contribution in [3.05, 3.63) is 52.0 Å². The van der Waals surface area contributed by atoms with Crippen LogP contribution in [0.25, 0.3) is 5.52 Å². The Labute approximate surface area is 144 Å². The standard InChI is InChI=1S/C14H11BrClFN4O2/c1-14(22,13-18-3-9(17)4-19-13)7-23-11-2-8(15)6-21-12(11)10(16)5-20-21/h2-6,22H,7H2,1H3. The molecule has 23 heavy (non-hydrogen) atoms. The van der Waals surface area contributed by atoms with Gasteiger partial charge >= 0.3 is 0 Å². The molecule has 0 aromatic carbocycles. The molecule has 1 N–H and O–H groups in total. The van der Waals surface area contributed by atoms with E-state index in [2.05, 4.69) is 31.0 Å². The third-order valence-electron chi connectivity index (χ3n) is 3.11. The van der Waals surface area contributed by atoms with Gasteiger partial charge in [0, 0.05) is 10.7 Å². The first-order valence-corrected chi connectivity index (χ1v) is 7.69. The summed E-state index contributed by atoms with van der Waals surface area (Å²) in [6.07, 6.45) is 5.20. The lowest BCUT2D eigenvalue weighted by molar-refractivity contribution is 0.0000863. The number of halogens is 3. The van der Waals surface area contributed by atoms with Gasteiger partial charge < -0.3 is 9.84 Å². The van der Waals surface area contributed by atoms with Crippen molar-refractivity contribution in [2.75, 3.05) is 6.61 Å². The van der Waals surface area contributed by atoms with E-state index in [1.165, 1.54) is 13.1 Å². The van der Waals surface area contributed by atoms with Crippen LogP contribution < -0.4 is 4.74 Å². The highest BCUT2D eigenvalue weighted by molar-refractivity contribution is 9.10. The van der Waals surface area contributed by atoms with Crippen LogP contribution >= 0.6 is 27.5 Å². The quantitative estimate of drug-likeness (QED) is 0.728. The average molecular weight is 402 g/mol. The van der Waals surface area contributed by atoms with E-state index in [4.69, 9.17) is 16.3 Å². The summed E-state index contributed by atoms with van der Waals surface area (Å²) in [4.78, 5) is 7.56. The van der Waals surface area contributed by atoms with Crippen molar-refractivity contribution in [3.8, 4) is 5.75 Å². The van der Waals surface area contributed by atoms with E-state index in [0.29, 0.717) is 16.3 Å². The van der Waals surface area contributed by atoms with Gasteiger partial charge in [-0.05, 0) is 28.9 Å². The molecule has 0 amide bonds. The molecule has 3 aromatic rings. The molecule has 1 atom stereocenters. The first-order valence-electron chi connectivity index (χ1n) is 6.52. The number of aliphatic hydroxyl groups is 1. The number of ether oxygens (including phenoxy) is 1. The number of aromatic nitrogens is 4. The fraction of sp³-hybridized carbons (Fsp3) is 0.214. The highest BCUT2D eigenvalue weighted by Gasteiger charge is 2.28. The van der Waals surface area contributed by atoms with Crippen LogP contribution in [0.5, 0.6) is 5.75 Å². The maximum atomic E-state index is 12.9. The zero-order valence-corrected chi connectivity index (χ0v) is 14.2. The molecule has 0 aliphatic carbocycles. The highest BCUT2D eigenvalue weighted by Crippen LogP contribution is 2.31. The van der Waals surface area contributed by atoms with E-state index in [1.54, 1.807) is 16.8 Å². The molecule has 9 heteroatoms. The van der Waals surface area contributed by atoms with Crippen molar-refractivity contribution >= 4 is 33.0 Å². The molecule has 0 fully saturated rings. The normalized spacial score (nSPS) is 14.0. The molecule has 0 saturated carbocycles. The van der Waals surface area contributed by atoms with Gasteiger partial charge in [-0.3, -0.25) is 0 Å². The molecule has 0 bridgehead atoms. The van der Waals surface area contributed by atoms with Crippen LogP contribution in [-0.2, 0) is 5.60 Å². The smallest absolute Gasteiger partial charge is 0.163 e. The number of hydrogen-bond donors (Lipinski definition) is 1. The van der Waals surface area contributed by atoms with Crippen LogP contribution in [-0.4, -0.2) is 31.3 Å². The first kappa shape index (κ1) is 16.1. The third-order valence-corrected chi connectivity index (χ3v) is 3.82. The van der Waals surface area contributed by atoms with Gasteiger partial charge in [-0.1, -0.05) is 11.6 Å². The lowest BCUT2D eigenvalue weighted by Crippen LogP contribution is -2.32. The van der Waals surface area contributed by atoms with Crippen LogP contribution in [0.15, 0.2) is 35.3 Å². The molecule has 3 rings (SSSR count). The molecule has 120 valence electrons. The zero-order chi connectivity index (χ0) is 16.6. The minimum atomic E-state index is -1.50. The van der Waals surface area contributed by atoms with Gasteiger partial charge in [0.15, 0.2) is 17.2 Å². The predicted octanol–water partition coefficient (Wildman–Crippen LogP) is 2.97. The number of pyridine rings is 1. The summed E-state index contributed by atoms with van der Waals surface area (Å²) in [6, 6.07) is 1.71. The van der Waals surface area contributed by atoms with E-state index in [9.17, 15) is 9.50 Å². The third kappa shape index (κ3) is 3.29. The highest BCUT2D eigenvalue weighted by atomic mass is 79.9. The summed E-state index contributed by atoms with van der Waals surface area (Å²) in [5.74, 6) is -0.0843. The maximum absolute atomic E-state index is 12.9. The summed E-state index contributed by atoms with van der Waals surface area (Å²) >= 11 is 9.46. The second-order valence-electron chi connectivity index (χ2n) is 5.10. The van der Waals surface area contributed by atoms with Gasteiger partial charge in [-0.25, -0.2) is 18.9 Å². The molecule has 0 aliphatic heterocycles. The van der Waals surface area contributed by atoms with Gasteiger partial charge in [-0.2, -0.15) is 5.10 Å². The van der Waals surface area contributed by atoms with Crippen LogP contribution in [0.4, 0.5) is 4.39 Å². The molecule has 0 saturated heterocycles. The van der Waals surface area contributed by atoms with Gasteiger partial charge in [0.1, 0.15) is 17.9 Å². The van der Waals surface area contributed by atoms with Crippen LogP contribution in [0.1, 0.15) is 12.7 Å². The van der Waals surface area contributed by atoms with Crippen LogP contribution in [0.3, 0.4) is 0 Å². The average Bonchev–Trinajstić information content (AvgIpc) is 2.86. The van der Waals surface area contributed by atoms with E-state index >= 15 is 0 Å². The van der Waals surface area contributed by atoms with E-state index in [0.717, 1.165) is 16.9 Å². The van der Waals surface area contributed by atoms with Crippen molar-refractivity contribution in [3.63, 3.8) is 0 Å². The minimum absolute atomic E-state index is 0.0597. The summed E-state index contributed by atoms with van der Waals surface area (Å²) in [5.41, 5.74) is -0.926. The van der Waals surface area contributed by atoms with Gasteiger partial charge in [0.2, 0.25) is 0 Å². The summed E-state index contributed by atoms with van der Waals surface area (Å²) in [6.45, 7) is 1.33. The summed E-state index contributed by atoms with van der Waals surface area (Å²) < 4.78 is 20.9. The number of rotatable bonds is 4. The van der Waals surface area contributed by atoms with E-state index < -0.39 is 11.4 Å². The van der Waals surface area contributed by atoms with Crippen molar-refractivity contribution in [2.45, 2.75) is 12.5 Å². The SMILES string of the molecule is CC(O)(COc1cc(Br)cn2ncc(Cl)c12)c1ncc(F)cn1. The molecule has 0 radical (unpaired) electrons. The number of fused-ring (bicyclic) bond motifs is 1. The maximum Gasteiger partial charge on any atom is 0.163 e. The van der Waals surface area contributed by atoms with E-state index in [1.807, 2.05) is 0 Å². The minimum Gasteiger partial charge on any atom is -0.488 e. The van der Waals surface area contributed by atoms with Gasteiger partial charge in [0.05, 0.1) is 23.6 Å². The second-order valence-corrected chi connectivity index (χ2v) is 6.42. The first-order chi connectivity index (χ1) is 10.9. The van der Waals surface area contributed by atoms with Crippen molar-refractivity contribution in [1.29, 1.82) is 0 Å². The molecular formula is C14H11BrClFN4O2. The summed E-state index contributed by atoms with van der Waals surface area (Å²) in [7, 11) is 0. The Morgan fingerprint density at radius 3 is 2.78 bits per heavy atom. The largest absolute Gasteiger partial charge is 0.488 e. The molecule has 3 aromatic heterocycles. The van der Waals surface area contributed by atoms with Crippen molar-refractivity contribution in [2.24, 2.45) is 0 Å². The molecule has 0 spiro atoms. The Morgan fingerprint density at radius 2 is 2.09 bits per heavy atom. The summed E-state index contributed by atoms with van der Waals surface area (Å²) in [5, 5.41) is 15.0.